The molecular formula is C18H21ClN4O. The van der Waals surface area contributed by atoms with Crippen LogP contribution in [0.15, 0.2) is 16.9 Å². The summed E-state index contributed by atoms with van der Waals surface area (Å²) in [6.45, 7) is 2.27. The largest absolute Gasteiger partial charge is 0.369 e. The van der Waals surface area contributed by atoms with Gasteiger partial charge in [-0.3, -0.25) is 4.79 Å². The van der Waals surface area contributed by atoms with Crippen LogP contribution in [0.25, 0.3) is 11.0 Å². The molecule has 0 radical (unpaired) electrons. The molecule has 0 unspecified atom stereocenters. The zero-order chi connectivity index (χ0) is 17.4. The fourth-order valence-corrected chi connectivity index (χ4v) is 3.77. The third-order valence-corrected chi connectivity index (χ3v) is 5.39. The lowest BCUT2D eigenvalue weighted by atomic mass is 9.86. The summed E-state index contributed by atoms with van der Waals surface area (Å²) in [4.78, 5) is 19.1. The van der Waals surface area contributed by atoms with Crippen LogP contribution < -0.4 is 10.5 Å². The number of aryl methyl sites for hydroxylation is 1. The molecule has 24 heavy (non-hydrogen) atoms. The van der Waals surface area contributed by atoms with Crippen molar-refractivity contribution in [2.45, 2.75) is 38.6 Å². The Morgan fingerprint density at radius 1 is 1.33 bits per heavy atom. The number of nitriles is 1. The van der Waals surface area contributed by atoms with E-state index in [0.29, 0.717) is 27.9 Å². The van der Waals surface area contributed by atoms with Crippen molar-refractivity contribution in [3.63, 3.8) is 0 Å². The van der Waals surface area contributed by atoms with E-state index in [-0.39, 0.29) is 11.1 Å². The highest BCUT2D eigenvalue weighted by Crippen LogP contribution is 2.33. The van der Waals surface area contributed by atoms with Gasteiger partial charge in [0.25, 0.3) is 5.56 Å². The maximum Gasteiger partial charge on any atom is 0.270 e. The summed E-state index contributed by atoms with van der Waals surface area (Å²) >= 11 is 6.09. The minimum atomic E-state index is -0.292. The standard InChI is InChI=1S/C18H21ClN4O/c1-11-4-6-12(7-5-11)22(2)17-13(10-20)18(24)23(3)14-8-9-15(19)21-16(14)17/h8-9,11-12H,4-7H2,1-3H3. The van der Waals surface area contributed by atoms with Crippen LogP contribution in [0.2, 0.25) is 5.15 Å². The van der Waals surface area contributed by atoms with Crippen LogP contribution in [-0.4, -0.2) is 22.6 Å². The van der Waals surface area contributed by atoms with Crippen LogP contribution in [0.3, 0.4) is 0 Å². The van der Waals surface area contributed by atoms with Gasteiger partial charge in [-0.05, 0) is 43.7 Å². The average molecular weight is 345 g/mol. The second-order valence-corrected chi connectivity index (χ2v) is 7.11. The fraction of sp³-hybridized carbons (Fsp3) is 0.500. The molecule has 1 aliphatic rings. The van der Waals surface area contributed by atoms with E-state index in [0.717, 1.165) is 31.6 Å². The summed E-state index contributed by atoms with van der Waals surface area (Å²) in [6.07, 6.45) is 4.43. The molecule has 0 aromatic carbocycles. The highest BCUT2D eigenvalue weighted by molar-refractivity contribution is 6.29. The number of fused-ring (bicyclic) bond motifs is 1. The van der Waals surface area contributed by atoms with Crippen molar-refractivity contribution >= 4 is 28.3 Å². The minimum absolute atomic E-state index is 0.140. The van der Waals surface area contributed by atoms with E-state index in [1.807, 2.05) is 7.05 Å². The van der Waals surface area contributed by atoms with E-state index in [1.54, 1.807) is 19.2 Å². The van der Waals surface area contributed by atoms with Crippen LogP contribution in [0, 0.1) is 17.2 Å². The van der Waals surface area contributed by atoms with E-state index in [4.69, 9.17) is 11.6 Å². The van der Waals surface area contributed by atoms with Gasteiger partial charge >= 0.3 is 0 Å². The van der Waals surface area contributed by atoms with Gasteiger partial charge in [-0.25, -0.2) is 4.98 Å². The van der Waals surface area contributed by atoms with Gasteiger partial charge in [-0.1, -0.05) is 18.5 Å². The Labute approximate surface area is 146 Å². The highest BCUT2D eigenvalue weighted by Gasteiger charge is 2.27. The molecule has 0 bridgehead atoms. The first-order valence-electron chi connectivity index (χ1n) is 8.26. The van der Waals surface area contributed by atoms with Gasteiger partial charge in [-0.15, -0.1) is 0 Å². The second-order valence-electron chi connectivity index (χ2n) is 6.73. The molecule has 6 heteroatoms. The number of halogens is 1. The zero-order valence-electron chi connectivity index (χ0n) is 14.2. The summed E-state index contributed by atoms with van der Waals surface area (Å²) in [6, 6.07) is 5.85. The molecular weight excluding hydrogens is 324 g/mol. The lowest BCUT2D eigenvalue weighted by Gasteiger charge is -2.35. The molecule has 2 aromatic rings. The van der Waals surface area contributed by atoms with Gasteiger partial charge in [-0.2, -0.15) is 5.26 Å². The predicted octanol–water partition coefficient (Wildman–Crippen LogP) is 3.47. The van der Waals surface area contributed by atoms with Crippen LogP contribution in [-0.2, 0) is 7.05 Å². The molecule has 2 aromatic heterocycles. The summed E-state index contributed by atoms with van der Waals surface area (Å²) in [7, 11) is 3.62. The highest BCUT2D eigenvalue weighted by atomic mass is 35.5. The molecule has 2 heterocycles. The van der Waals surface area contributed by atoms with Crippen molar-refractivity contribution < 1.29 is 0 Å². The van der Waals surface area contributed by atoms with E-state index < -0.39 is 0 Å². The van der Waals surface area contributed by atoms with Gasteiger partial charge in [0.05, 0.1) is 11.2 Å². The topological polar surface area (TPSA) is 61.9 Å². The number of hydrogen-bond acceptors (Lipinski definition) is 4. The summed E-state index contributed by atoms with van der Waals surface area (Å²) in [5, 5.41) is 9.95. The van der Waals surface area contributed by atoms with E-state index in [9.17, 15) is 10.1 Å². The van der Waals surface area contributed by atoms with Gasteiger partial charge in [0.2, 0.25) is 0 Å². The first-order valence-corrected chi connectivity index (χ1v) is 8.64. The molecule has 126 valence electrons. The second kappa shape index (κ2) is 6.45. The first kappa shape index (κ1) is 16.8. The molecule has 3 rings (SSSR count). The smallest absolute Gasteiger partial charge is 0.270 e. The Hall–Kier alpha value is -2.06. The van der Waals surface area contributed by atoms with Crippen molar-refractivity contribution in [3.05, 3.63) is 33.2 Å². The molecule has 0 N–H and O–H groups in total. The summed E-state index contributed by atoms with van der Waals surface area (Å²) in [5.41, 5.74) is 1.76. The summed E-state index contributed by atoms with van der Waals surface area (Å²) < 4.78 is 1.47. The maximum absolute atomic E-state index is 12.6. The molecule has 0 atom stereocenters. The molecule has 1 fully saturated rings. The van der Waals surface area contributed by atoms with E-state index in [1.165, 1.54) is 4.57 Å². The monoisotopic (exact) mass is 344 g/mol. The lowest BCUT2D eigenvalue weighted by Crippen LogP contribution is -2.37. The predicted molar refractivity (Wildman–Crippen MR) is 96.5 cm³/mol. The minimum Gasteiger partial charge on any atom is -0.369 e. The molecule has 0 aliphatic heterocycles. The van der Waals surface area contributed by atoms with Gasteiger partial charge in [0.1, 0.15) is 22.3 Å². The van der Waals surface area contributed by atoms with Crippen LogP contribution >= 0.6 is 11.6 Å². The van der Waals surface area contributed by atoms with Gasteiger partial charge in [0.15, 0.2) is 0 Å². The number of rotatable bonds is 2. The van der Waals surface area contributed by atoms with Crippen molar-refractivity contribution in [2.24, 2.45) is 13.0 Å². The van der Waals surface area contributed by atoms with Crippen molar-refractivity contribution in [3.8, 4) is 6.07 Å². The van der Waals surface area contributed by atoms with Crippen LogP contribution in [0.4, 0.5) is 5.69 Å². The molecule has 0 saturated heterocycles. The lowest BCUT2D eigenvalue weighted by molar-refractivity contribution is 0.341. The molecule has 5 nitrogen and oxygen atoms in total. The quantitative estimate of drug-likeness (QED) is 0.782. The fourth-order valence-electron chi connectivity index (χ4n) is 3.63. The van der Waals surface area contributed by atoms with E-state index >= 15 is 0 Å². The average Bonchev–Trinajstić information content (AvgIpc) is 2.57. The van der Waals surface area contributed by atoms with Gasteiger partial charge < -0.3 is 9.47 Å². The molecule has 0 spiro atoms. The van der Waals surface area contributed by atoms with E-state index in [2.05, 4.69) is 22.9 Å². The van der Waals surface area contributed by atoms with Crippen molar-refractivity contribution in [1.82, 2.24) is 9.55 Å². The number of hydrogen-bond donors (Lipinski definition) is 0. The Bertz CT molecular complexity index is 875. The number of anilines is 1. The Morgan fingerprint density at radius 3 is 2.62 bits per heavy atom. The number of pyridine rings is 2. The molecule has 1 aliphatic carbocycles. The number of nitrogens with zero attached hydrogens (tertiary/aromatic N) is 4. The molecule has 1 saturated carbocycles. The van der Waals surface area contributed by atoms with Gasteiger partial charge in [0, 0.05) is 20.1 Å². The van der Waals surface area contributed by atoms with Crippen LogP contribution in [0.5, 0.6) is 0 Å². The summed E-state index contributed by atoms with van der Waals surface area (Å²) in [5.74, 6) is 0.734. The SMILES string of the molecule is CC1CCC(N(C)c2c(C#N)c(=O)n(C)c3ccc(Cl)nc23)CC1. The van der Waals surface area contributed by atoms with Crippen molar-refractivity contribution in [2.75, 3.05) is 11.9 Å². The maximum atomic E-state index is 12.6. The van der Waals surface area contributed by atoms with Crippen molar-refractivity contribution in [1.29, 1.82) is 5.26 Å². The number of aromatic nitrogens is 2. The molecule has 0 amide bonds. The Kier molecular flexibility index (Phi) is 4.51. The third-order valence-electron chi connectivity index (χ3n) is 5.18. The zero-order valence-corrected chi connectivity index (χ0v) is 15.0. The Morgan fingerprint density at radius 2 is 2.00 bits per heavy atom. The van der Waals surface area contributed by atoms with Crippen LogP contribution in [0.1, 0.15) is 38.2 Å². The Balaban J connectivity index is 2.22. The first-order chi connectivity index (χ1) is 11.4. The third kappa shape index (κ3) is 2.76. The normalized spacial score (nSPS) is 20.8.